The molecule has 69 heavy (non-hydrogen) atoms. The number of hydrogen-bond donors (Lipinski definition) is 0. The minimum atomic E-state index is -4.74. The Bertz CT molecular complexity index is 2910. The van der Waals surface area contributed by atoms with Gasteiger partial charge in [-0.3, -0.25) is 9.59 Å². The fraction of sp³-hybridized carbons (Fsp3) is 0.423. The number of likely N-dealkylation sites (N-methyl/N-ethyl adjacent to an activating group) is 1. The van der Waals surface area contributed by atoms with Gasteiger partial charge in [0, 0.05) is 65.2 Å². The van der Waals surface area contributed by atoms with Gasteiger partial charge in [0.1, 0.15) is 38.7 Å². The van der Waals surface area contributed by atoms with Gasteiger partial charge in [-0.25, -0.2) is 21.6 Å². The van der Waals surface area contributed by atoms with Gasteiger partial charge < -0.3 is 28.2 Å². The van der Waals surface area contributed by atoms with E-state index in [9.17, 15) is 35.8 Å². The first-order valence-electron chi connectivity index (χ1n) is 23.4. The maximum atomic E-state index is 13.4. The molecule has 1 aliphatic carbocycles. The lowest BCUT2D eigenvalue weighted by Gasteiger charge is -2.29. The van der Waals surface area contributed by atoms with Crippen LogP contribution >= 0.6 is 0 Å². The predicted molar refractivity (Wildman–Crippen MR) is 262 cm³/mol. The third kappa shape index (κ3) is 11.3. The Morgan fingerprint density at radius 2 is 1.51 bits per heavy atom. The SMILES string of the molecule is C[N+]1=C(/C=C/C2=C(Oc3ccccc3)C(=C\C=C3/N(CCCCCC(=O)ON4C(=O)CCC4=O)c4ccc(S(=O)(=O)[O-])cc4C3(C)C)/CCC2)C(C)(C)c2cc(S(=O)(=O)[N-]CC[N+](C)(C)C)ccc21. The average molecular weight is 982 g/mol. The van der Waals surface area contributed by atoms with Gasteiger partial charge in [-0.15, -0.1) is 5.06 Å². The van der Waals surface area contributed by atoms with Gasteiger partial charge in [-0.1, -0.05) is 51.1 Å². The van der Waals surface area contributed by atoms with Crippen molar-refractivity contribution in [3.8, 4) is 5.75 Å². The van der Waals surface area contributed by atoms with Crippen LogP contribution in [-0.4, -0.2) is 107 Å². The maximum absolute atomic E-state index is 13.4. The molecule has 3 aromatic carbocycles. The number of unbranched alkanes of at least 4 members (excludes halogenated alkanes) is 2. The lowest BCUT2D eigenvalue weighted by atomic mass is 9.81. The summed E-state index contributed by atoms with van der Waals surface area (Å²) in [6.45, 7) is 9.46. The zero-order valence-electron chi connectivity index (χ0n) is 40.8. The zero-order chi connectivity index (χ0) is 50.1. The topological polar surface area (TPSA) is 185 Å². The van der Waals surface area contributed by atoms with Crippen LogP contribution in [0.2, 0.25) is 0 Å². The zero-order valence-corrected chi connectivity index (χ0v) is 42.4. The van der Waals surface area contributed by atoms with E-state index in [1.54, 1.807) is 18.2 Å². The first-order valence-corrected chi connectivity index (χ1v) is 26.2. The largest absolute Gasteiger partial charge is 0.744 e. The number of sulfonamides is 1. The van der Waals surface area contributed by atoms with E-state index < -0.39 is 48.8 Å². The van der Waals surface area contributed by atoms with Crippen LogP contribution in [0.1, 0.15) is 96.6 Å². The molecule has 2 amide bonds. The smallest absolute Gasteiger partial charge is 0.333 e. The molecule has 3 aliphatic heterocycles. The number of nitrogens with zero attached hydrogens (tertiary/aromatic N) is 5. The summed E-state index contributed by atoms with van der Waals surface area (Å²) in [5, 5.41) is 0.553. The highest BCUT2D eigenvalue weighted by Gasteiger charge is 2.44. The van der Waals surface area contributed by atoms with Crippen LogP contribution in [0, 0.1) is 0 Å². The second kappa shape index (κ2) is 19.9. The quantitative estimate of drug-likeness (QED) is 0.0393. The molecule has 17 heteroatoms. The summed E-state index contributed by atoms with van der Waals surface area (Å²) in [6.07, 6.45) is 12.3. The van der Waals surface area contributed by atoms with Crippen LogP contribution in [0.15, 0.2) is 123 Å². The number of carbonyl (C=O) groups excluding carboxylic acids is 3. The summed E-state index contributed by atoms with van der Waals surface area (Å²) in [7, 11) is -0.620. The molecule has 0 unspecified atom stereocenters. The first-order chi connectivity index (χ1) is 32.4. The van der Waals surface area contributed by atoms with E-state index in [4.69, 9.17) is 9.57 Å². The lowest BCUT2D eigenvalue weighted by Crippen LogP contribution is -2.37. The maximum Gasteiger partial charge on any atom is 0.333 e. The Hall–Kier alpha value is -5.72. The fourth-order valence-corrected chi connectivity index (χ4v) is 10.9. The summed E-state index contributed by atoms with van der Waals surface area (Å²) in [6, 6.07) is 19.3. The van der Waals surface area contributed by atoms with E-state index in [0.29, 0.717) is 65.4 Å². The summed E-state index contributed by atoms with van der Waals surface area (Å²) in [5.74, 6) is -0.334. The molecule has 0 radical (unpaired) electrons. The van der Waals surface area contributed by atoms with Crippen molar-refractivity contribution in [3.63, 3.8) is 0 Å². The van der Waals surface area contributed by atoms with Gasteiger partial charge in [-0.2, -0.15) is 4.58 Å². The van der Waals surface area contributed by atoms with Crippen LogP contribution in [0.5, 0.6) is 5.75 Å². The van der Waals surface area contributed by atoms with E-state index in [0.717, 1.165) is 52.3 Å². The minimum absolute atomic E-state index is 0.0190. The molecule has 368 valence electrons. The highest BCUT2D eigenvalue weighted by atomic mass is 32.2. The Morgan fingerprint density at radius 3 is 2.19 bits per heavy atom. The summed E-state index contributed by atoms with van der Waals surface area (Å²) >= 11 is 0. The number of hydrogen-bond acceptors (Lipinski definition) is 11. The van der Waals surface area contributed by atoms with Crippen molar-refractivity contribution >= 4 is 55.0 Å². The molecule has 0 saturated carbocycles. The molecule has 0 N–H and O–H groups in total. The molecule has 7 rings (SSSR count). The number of carbonyl (C=O) groups is 3. The molecule has 4 aliphatic rings. The Kier molecular flexibility index (Phi) is 14.8. The Balaban J connectivity index is 1.18. The van der Waals surface area contributed by atoms with Crippen LogP contribution in [0.25, 0.3) is 4.72 Å². The van der Waals surface area contributed by atoms with Gasteiger partial charge in [0.15, 0.2) is 5.71 Å². The van der Waals surface area contributed by atoms with Crippen LogP contribution in [0.3, 0.4) is 0 Å². The Morgan fingerprint density at radius 1 is 0.826 bits per heavy atom. The summed E-state index contributed by atoms with van der Waals surface area (Å²) in [4.78, 5) is 43.4. The third-order valence-corrected chi connectivity index (χ3v) is 15.5. The van der Waals surface area contributed by atoms with Crippen molar-refractivity contribution in [1.82, 2.24) is 5.06 Å². The van der Waals surface area contributed by atoms with E-state index in [1.807, 2.05) is 84.5 Å². The molecule has 0 aromatic heterocycles. The molecule has 0 spiro atoms. The Labute approximate surface area is 406 Å². The summed E-state index contributed by atoms with van der Waals surface area (Å²) < 4.78 is 77.0. The van der Waals surface area contributed by atoms with E-state index >= 15 is 0 Å². The number of allylic oxidation sites excluding steroid dienone is 7. The van der Waals surface area contributed by atoms with Gasteiger partial charge in [-0.05, 0) is 117 Å². The van der Waals surface area contributed by atoms with Crippen molar-refractivity contribution in [2.45, 2.75) is 106 Å². The van der Waals surface area contributed by atoms with Gasteiger partial charge in [0.25, 0.3) is 11.8 Å². The van der Waals surface area contributed by atoms with Crippen molar-refractivity contribution in [2.24, 2.45) is 0 Å². The van der Waals surface area contributed by atoms with Crippen molar-refractivity contribution in [1.29, 1.82) is 0 Å². The number of benzene rings is 3. The molecule has 15 nitrogen and oxygen atoms in total. The van der Waals surface area contributed by atoms with E-state index in [1.165, 1.54) is 12.1 Å². The van der Waals surface area contributed by atoms with Gasteiger partial charge >= 0.3 is 5.97 Å². The highest BCUT2D eigenvalue weighted by molar-refractivity contribution is 7.94. The third-order valence-electron chi connectivity index (χ3n) is 13.3. The van der Waals surface area contributed by atoms with Gasteiger partial charge in [0.05, 0.1) is 38.0 Å². The molecule has 3 aromatic rings. The van der Waals surface area contributed by atoms with Crippen LogP contribution in [-0.2, 0) is 50.2 Å². The van der Waals surface area contributed by atoms with E-state index in [-0.39, 0.29) is 35.6 Å². The fourth-order valence-electron chi connectivity index (χ4n) is 9.40. The predicted octanol–water partition coefficient (Wildman–Crippen LogP) is 8.21. The number of anilines is 1. The molecule has 0 atom stereocenters. The summed E-state index contributed by atoms with van der Waals surface area (Å²) in [5.41, 5.74) is 5.78. The number of ether oxygens (including phenoxy) is 1. The number of rotatable bonds is 18. The molecular weight excluding hydrogens is 919 g/mol. The van der Waals surface area contributed by atoms with Gasteiger partial charge in [0.2, 0.25) is 5.69 Å². The minimum Gasteiger partial charge on any atom is -0.744 e. The number of para-hydroxylation sites is 1. The number of imide groups is 1. The highest BCUT2D eigenvalue weighted by Crippen LogP contribution is 2.49. The first kappa shape index (κ1) is 51.1. The van der Waals surface area contributed by atoms with Crippen molar-refractivity contribution in [3.05, 3.63) is 129 Å². The molecule has 3 heterocycles. The second-order valence-electron chi connectivity index (χ2n) is 20.1. The number of quaternary nitrogens is 1. The number of fused-ring (bicyclic) bond motifs is 2. The molecule has 0 bridgehead atoms. The number of hydroxylamine groups is 2. The van der Waals surface area contributed by atoms with Crippen LogP contribution < -0.4 is 9.64 Å². The lowest BCUT2D eigenvalue weighted by molar-refractivity contribution is -0.868. The average Bonchev–Trinajstić information content (AvgIpc) is 3.78. The monoisotopic (exact) mass is 981 g/mol. The van der Waals surface area contributed by atoms with Crippen LogP contribution in [0.4, 0.5) is 11.4 Å². The molecule has 1 saturated heterocycles. The molecular formula is C52H63N5O10S2. The van der Waals surface area contributed by atoms with Crippen molar-refractivity contribution in [2.75, 3.05) is 52.7 Å². The standard InChI is InChI=1S/C52H63N5O10S2/c1-51(2)41-34-39(68(61,62)53-31-33-57(6,7)8)23-25-43(41)54(5)45(51)27-21-36-16-15-17-37(50(36)66-38-18-11-9-12-19-38)22-28-46-52(3,4)42-35-40(69(63,64)65)24-26-44(42)55(46)32-14-10-13-20-49(60)67-56-47(58)29-30-48(56)59/h9,11-12,18-19,21-28,34-35H,10,13-17,20,29-33H2,1-8H3. The normalized spacial score (nSPS) is 19.4. The number of amides is 2. The van der Waals surface area contributed by atoms with E-state index in [2.05, 4.69) is 46.3 Å². The second-order valence-corrected chi connectivity index (χ2v) is 23.1. The molecule has 1 fully saturated rings. The van der Waals surface area contributed by atoms with Crippen molar-refractivity contribution < 1.29 is 54.4 Å².